The van der Waals surface area contributed by atoms with E-state index in [2.05, 4.69) is 31.9 Å². The molecule has 0 aromatic heterocycles. The van der Waals surface area contributed by atoms with Gasteiger partial charge in [-0.05, 0) is 161 Å². The molecule has 101 heavy (non-hydrogen) atoms. The maximum Gasteiger partial charge on any atom is 0.416 e. The summed E-state index contributed by atoms with van der Waals surface area (Å²) in [4.78, 5) is 78.1. The molecule has 28 heteroatoms. The number of halogens is 9. The fourth-order valence-corrected chi connectivity index (χ4v) is 12.4. The van der Waals surface area contributed by atoms with E-state index in [4.69, 9.17) is 23.7 Å². The number of benzene rings is 6. The summed E-state index contributed by atoms with van der Waals surface area (Å²) in [7, 11) is 2.90. The Morgan fingerprint density at radius 1 is 0.525 bits per heavy atom. The number of carbonyl (C=O) groups excluding carboxylic acids is 6. The van der Waals surface area contributed by atoms with Crippen molar-refractivity contribution in [3.05, 3.63) is 177 Å². The molecule has 6 aliphatic heterocycles. The van der Waals surface area contributed by atoms with E-state index in [1.165, 1.54) is 50.6 Å². The molecule has 0 saturated heterocycles. The van der Waals surface area contributed by atoms with E-state index in [1.54, 1.807) is 66.1 Å². The average molecular weight is 1410 g/mol. The zero-order valence-corrected chi connectivity index (χ0v) is 56.2. The number of ether oxygens (including phenoxy) is 5. The topological polar surface area (TPSA) is 227 Å². The lowest BCUT2D eigenvalue weighted by molar-refractivity contribution is -0.138. The first kappa shape index (κ1) is 73.4. The predicted molar refractivity (Wildman–Crippen MR) is 361 cm³/mol. The lowest BCUT2D eigenvalue weighted by atomic mass is 9.86. The van der Waals surface area contributed by atoms with Gasteiger partial charge in [-0.3, -0.25) is 19.2 Å². The Balaban J connectivity index is 0.000000164. The third-order valence-corrected chi connectivity index (χ3v) is 17.5. The number of nitrogens with one attached hydrogen (secondary N) is 6. The molecular formula is C73H73F9N8O11. The fraction of sp³-hybridized carbons (Fsp3) is 0.342. The lowest BCUT2D eigenvalue weighted by Crippen LogP contribution is -2.47. The maximum atomic E-state index is 13.4. The van der Waals surface area contributed by atoms with E-state index >= 15 is 0 Å². The van der Waals surface area contributed by atoms with E-state index < -0.39 is 69.6 Å². The van der Waals surface area contributed by atoms with Crippen molar-refractivity contribution >= 4 is 86.5 Å². The minimum Gasteiger partial charge on any atom is -0.493 e. The summed E-state index contributed by atoms with van der Waals surface area (Å²) in [6, 6.07) is 25.1. The number of hydrogen-bond acceptors (Lipinski definition) is 11. The first-order valence-electron chi connectivity index (χ1n) is 32.1. The molecule has 0 unspecified atom stereocenters. The molecule has 6 aliphatic rings. The van der Waals surface area contributed by atoms with Crippen LogP contribution in [-0.4, -0.2) is 104 Å². The Labute approximate surface area is 575 Å². The van der Waals surface area contributed by atoms with Crippen LogP contribution in [0.5, 0.6) is 17.2 Å². The van der Waals surface area contributed by atoms with Crippen molar-refractivity contribution in [2.45, 2.75) is 115 Å². The first-order valence-corrected chi connectivity index (χ1v) is 32.1. The zero-order valence-electron chi connectivity index (χ0n) is 56.2. The highest BCUT2D eigenvalue weighted by Crippen LogP contribution is 2.47. The molecule has 12 rings (SSSR count). The van der Waals surface area contributed by atoms with E-state index in [9.17, 15) is 68.3 Å². The molecule has 0 aliphatic carbocycles. The van der Waals surface area contributed by atoms with Crippen molar-refractivity contribution < 1.29 is 92.0 Å². The SMILES string of the molecule is CCN1Cc2ccc(NC(=O)/C=C3\CC(C)(C)Oc4cc(C(F)(F)F)ccc43)cc2NC1=O.CCN1Cc2ccc(NC(=O)/C=C3\CCCOc4cc(C(F)(F)F)ccc43)cc2NC1=O.COCC1(COC)C/C(=C\C(=O)Nc2ccc3c(c2)NC(=O)C3(C)C)c2ccc(C(F)(F)F)cc2O1. The number of hydrogen-bond donors (Lipinski definition) is 6. The average Bonchev–Trinajstić information content (AvgIpc) is 1.71. The number of alkyl halides is 9. The summed E-state index contributed by atoms with van der Waals surface area (Å²) in [5.41, 5.74) is 4.02. The standard InChI is InChI=1S/C26H27F3N2O5.C24H24F3N3O3.C23H22F3N3O3/c1-24(2)19-8-6-17(11-20(19)31-23(24)33)30-22(32)9-15-12-25(13-34-3,14-35-4)36-21-10-16(26(27,28)29)5-7-18(15)21;1-4-30-13-14-5-7-17(11-19(14)29-22(30)32)28-21(31)9-15-12-23(2,3)33-20-10-16(24(25,26)27)6-8-18(15)20;1-2-29-13-15-5-7-17(12-19(15)28-22(29)31)27-21(30)10-14-4-3-9-32-20-11-16(23(24,25)26)6-8-18(14)20/h5-11H,12-14H2,1-4H3,(H,30,32)(H,31,33);5-11H,4,12-13H2,1-3H3,(H,28,31)(H,29,32);5-8,10-12H,2-4,9,13H2,1H3,(H,27,30)(H,28,31)/b2*15-9+;14-10+. The lowest BCUT2D eigenvalue weighted by Gasteiger charge is -2.39. The Bertz CT molecular complexity index is 4350. The van der Waals surface area contributed by atoms with Crippen LogP contribution in [0, 0.1) is 0 Å². The van der Waals surface area contributed by atoms with Gasteiger partial charge in [0.1, 0.15) is 22.8 Å². The molecule has 19 nitrogen and oxygen atoms in total. The predicted octanol–water partition coefficient (Wildman–Crippen LogP) is 15.7. The van der Waals surface area contributed by atoms with Gasteiger partial charge in [0.05, 0.1) is 41.9 Å². The van der Waals surface area contributed by atoms with Gasteiger partial charge < -0.3 is 65.4 Å². The number of nitrogens with zero attached hydrogens (tertiary/aromatic N) is 2. The first-order chi connectivity index (χ1) is 47.6. The van der Waals surface area contributed by atoms with Gasteiger partial charge in [-0.1, -0.05) is 36.4 Å². The minimum atomic E-state index is -4.56. The van der Waals surface area contributed by atoms with E-state index in [0.29, 0.717) is 113 Å². The summed E-state index contributed by atoms with van der Waals surface area (Å²) in [6.45, 7) is 13.4. The number of carbonyl (C=O) groups is 6. The number of anilines is 6. The van der Waals surface area contributed by atoms with Crippen molar-refractivity contribution in [1.82, 2.24) is 9.80 Å². The minimum absolute atomic E-state index is 0.00769. The molecule has 0 radical (unpaired) electrons. The molecule has 0 saturated carbocycles. The zero-order chi connectivity index (χ0) is 73.1. The molecule has 6 aromatic rings. The number of urea groups is 2. The van der Waals surface area contributed by atoms with Crippen molar-refractivity contribution in [1.29, 1.82) is 0 Å². The van der Waals surface area contributed by atoms with Crippen LogP contribution in [0.15, 0.2) is 127 Å². The Hall–Kier alpha value is -10.4. The van der Waals surface area contributed by atoms with Crippen molar-refractivity contribution in [2.75, 3.05) is 79.0 Å². The highest BCUT2D eigenvalue weighted by Gasteiger charge is 2.43. The van der Waals surface area contributed by atoms with Gasteiger partial charge in [0.2, 0.25) is 23.6 Å². The maximum absolute atomic E-state index is 13.4. The Morgan fingerprint density at radius 3 is 1.40 bits per heavy atom. The number of amides is 8. The fourth-order valence-electron chi connectivity index (χ4n) is 12.4. The largest absolute Gasteiger partial charge is 0.493 e. The molecule has 6 aromatic carbocycles. The number of fused-ring (bicyclic) bond motifs is 6. The second-order valence-electron chi connectivity index (χ2n) is 25.9. The van der Waals surface area contributed by atoms with Crippen LogP contribution in [0.25, 0.3) is 16.7 Å². The van der Waals surface area contributed by atoms with Gasteiger partial charge >= 0.3 is 30.6 Å². The third kappa shape index (κ3) is 17.1. The quantitative estimate of drug-likeness (QED) is 0.0499. The van der Waals surface area contributed by atoms with E-state index in [1.807, 2.05) is 39.8 Å². The third-order valence-electron chi connectivity index (χ3n) is 17.5. The van der Waals surface area contributed by atoms with Crippen molar-refractivity contribution in [2.24, 2.45) is 0 Å². The molecule has 0 atom stereocenters. The van der Waals surface area contributed by atoms with Crippen LogP contribution in [0.2, 0.25) is 0 Å². The van der Waals surface area contributed by atoms with Gasteiger partial charge in [-0.25, -0.2) is 9.59 Å². The van der Waals surface area contributed by atoms with Crippen LogP contribution < -0.4 is 46.1 Å². The molecule has 0 spiro atoms. The number of methoxy groups -OCH3 is 2. The van der Waals surface area contributed by atoms with Gasteiger partial charge in [0, 0.05) is 122 Å². The van der Waals surface area contributed by atoms with Crippen LogP contribution in [0.4, 0.5) is 83.2 Å². The molecule has 0 bridgehead atoms. The van der Waals surface area contributed by atoms with Crippen LogP contribution in [-0.2, 0) is 65.7 Å². The highest BCUT2D eigenvalue weighted by molar-refractivity contribution is 6.09. The van der Waals surface area contributed by atoms with Crippen LogP contribution in [0.3, 0.4) is 0 Å². The van der Waals surface area contributed by atoms with Gasteiger partial charge in [-0.15, -0.1) is 0 Å². The summed E-state index contributed by atoms with van der Waals surface area (Å²) in [6.07, 6.45) is -7.80. The van der Waals surface area contributed by atoms with Gasteiger partial charge in [0.15, 0.2) is 5.60 Å². The van der Waals surface area contributed by atoms with Crippen molar-refractivity contribution in [3.8, 4) is 17.2 Å². The number of rotatable bonds is 12. The monoisotopic (exact) mass is 1410 g/mol. The van der Waals surface area contributed by atoms with E-state index in [-0.39, 0.29) is 61.5 Å². The summed E-state index contributed by atoms with van der Waals surface area (Å²) < 4.78 is 146. The van der Waals surface area contributed by atoms with E-state index in [0.717, 1.165) is 53.1 Å². The molecule has 6 N–H and O–H groups in total. The molecular weight excluding hydrogens is 1340 g/mol. The van der Waals surface area contributed by atoms with Crippen LogP contribution in [0.1, 0.15) is 117 Å². The van der Waals surface area contributed by atoms with Crippen LogP contribution >= 0.6 is 0 Å². The Morgan fingerprint density at radius 2 is 0.941 bits per heavy atom. The summed E-state index contributed by atoms with van der Waals surface area (Å²) in [5.74, 6) is -1.24. The smallest absolute Gasteiger partial charge is 0.416 e. The molecule has 534 valence electrons. The molecule has 8 amide bonds. The van der Waals surface area contributed by atoms with Gasteiger partial charge in [0.25, 0.3) is 0 Å². The molecule has 0 fully saturated rings. The highest BCUT2D eigenvalue weighted by atomic mass is 19.4. The summed E-state index contributed by atoms with van der Waals surface area (Å²) >= 11 is 0. The number of allylic oxidation sites excluding steroid dienone is 1. The normalized spacial score (nSPS) is 18.0. The van der Waals surface area contributed by atoms with Crippen molar-refractivity contribution in [3.63, 3.8) is 0 Å². The second-order valence-corrected chi connectivity index (χ2v) is 25.9. The second kappa shape index (κ2) is 29.1. The summed E-state index contributed by atoms with van der Waals surface area (Å²) in [5, 5.41) is 16.7. The van der Waals surface area contributed by atoms with Gasteiger partial charge in [-0.2, -0.15) is 39.5 Å². The Kier molecular flexibility index (Phi) is 21.1. The molecule has 6 heterocycles.